The largest absolute Gasteiger partial charge is 0.336 e. The van der Waals surface area contributed by atoms with E-state index < -0.39 is 0 Å². The summed E-state index contributed by atoms with van der Waals surface area (Å²) in [5.41, 5.74) is 0. The van der Waals surface area contributed by atoms with E-state index in [0.717, 1.165) is 13.1 Å². The van der Waals surface area contributed by atoms with Gasteiger partial charge in [0.2, 0.25) is 0 Å². The molecular weight excluding hydrogens is 202 g/mol. The van der Waals surface area contributed by atoms with Gasteiger partial charge in [0, 0.05) is 31.2 Å². The predicted molar refractivity (Wildman–Crippen MR) is 62.3 cm³/mol. The van der Waals surface area contributed by atoms with Crippen LogP contribution in [0.3, 0.4) is 0 Å². The summed E-state index contributed by atoms with van der Waals surface area (Å²) in [6, 6.07) is 2.08. The molecule has 0 radical (unpaired) electrons. The van der Waals surface area contributed by atoms with Crippen molar-refractivity contribution < 1.29 is 4.79 Å². The second-order valence-electron chi connectivity index (χ2n) is 5.45. The van der Waals surface area contributed by atoms with Gasteiger partial charge < -0.3 is 15.1 Å². The number of amides is 2. The van der Waals surface area contributed by atoms with Crippen LogP contribution in [-0.2, 0) is 0 Å². The Hall–Kier alpha value is -0.770. The van der Waals surface area contributed by atoms with Crippen molar-refractivity contribution in [1.82, 2.24) is 15.1 Å². The van der Waals surface area contributed by atoms with Gasteiger partial charge in [-0.1, -0.05) is 6.42 Å². The molecule has 2 amide bonds. The number of rotatable bonds is 1. The zero-order valence-electron chi connectivity index (χ0n) is 9.98. The minimum absolute atomic E-state index is 0.160. The Labute approximate surface area is 97.0 Å². The summed E-state index contributed by atoms with van der Waals surface area (Å²) < 4.78 is 0. The highest BCUT2D eigenvalue weighted by molar-refractivity contribution is 5.76. The summed E-state index contributed by atoms with van der Waals surface area (Å²) in [4.78, 5) is 16.3. The molecule has 1 N–H and O–H groups in total. The zero-order valence-corrected chi connectivity index (χ0v) is 9.98. The molecule has 2 bridgehead atoms. The Morgan fingerprint density at radius 2 is 1.88 bits per heavy atom. The third-order valence-electron chi connectivity index (χ3n) is 4.65. The van der Waals surface area contributed by atoms with Crippen molar-refractivity contribution in [3.05, 3.63) is 0 Å². The van der Waals surface area contributed by atoms with Crippen molar-refractivity contribution in [2.24, 2.45) is 0 Å². The van der Waals surface area contributed by atoms with E-state index >= 15 is 0 Å². The highest BCUT2D eigenvalue weighted by Crippen LogP contribution is 2.34. The fourth-order valence-corrected chi connectivity index (χ4v) is 3.68. The average Bonchev–Trinajstić information content (AvgIpc) is 2.64. The van der Waals surface area contributed by atoms with Crippen LogP contribution in [0.4, 0.5) is 4.79 Å². The van der Waals surface area contributed by atoms with E-state index in [0.29, 0.717) is 18.1 Å². The third kappa shape index (κ3) is 1.59. The quantitative estimate of drug-likeness (QED) is 0.720. The van der Waals surface area contributed by atoms with Crippen molar-refractivity contribution in [2.75, 3.05) is 20.1 Å². The smallest absolute Gasteiger partial charge is 0.317 e. The fourth-order valence-electron chi connectivity index (χ4n) is 3.68. The molecule has 0 spiro atoms. The van der Waals surface area contributed by atoms with Crippen LogP contribution >= 0.6 is 0 Å². The molecule has 16 heavy (non-hydrogen) atoms. The number of fused-ring (bicyclic) bond motifs is 2. The van der Waals surface area contributed by atoms with Gasteiger partial charge in [-0.3, -0.25) is 0 Å². The molecule has 90 valence electrons. The molecule has 2 atom stereocenters. The Morgan fingerprint density at radius 3 is 2.44 bits per heavy atom. The van der Waals surface area contributed by atoms with E-state index in [2.05, 4.69) is 22.2 Å². The molecule has 0 aromatic rings. The lowest BCUT2D eigenvalue weighted by atomic mass is 9.82. The molecule has 3 saturated heterocycles. The number of hydrogen-bond acceptors (Lipinski definition) is 2. The minimum Gasteiger partial charge on any atom is -0.336 e. The van der Waals surface area contributed by atoms with E-state index in [1.807, 2.05) is 0 Å². The molecule has 4 heteroatoms. The van der Waals surface area contributed by atoms with Gasteiger partial charge in [-0.05, 0) is 32.7 Å². The number of nitrogens with zero attached hydrogens (tertiary/aromatic N) is 2. The SMILES string of the molecule is CN1C2CCCC1CC(N1CCNC1=O)C2. The van der Waals surface area contributed by atoms with E-state index in [9.17, 15) is 4.79 Å². The first-order valence-corrected chi connectivity index (χ1v) is 6.52. The third-order valence-corrected chi connectivity index (χ3v) is 4.65. The molecule has 3 heterocycles. The van der Waals surface area contributed by atoms with Crippen LogP contribution in [0.15, 0.2) is 0 Å². The van der Waals surface area contributed by atoms with Gasteiger partial charge in [0.25, 0.3) is 0 Å². The van der Waals surface area contributed by atoms with Gasteiger partial charge in [-0.15, -0.1) is 0 Å². The maximum atomic E-state index is 11.7. The Bertz CT molecular complexity index is 280. The number of piperidine rings is 2. The van der Waals surface area contributed by atoms with Crippen LogP contribution in [0.25, 0.3) is 0 Å². The molecule has 3 fully saturated rings. The lowest BCUT2D eigenvalue weighted by molar-refractivity contribution is 0.0249. The molecular formula is C12H21N3O. The zero-order chi connectivity index (χ0) is 11.1. The normalized spacial score (nSPS) is 39.9. The summed E-state index contributed by atoms with van der Waals surface area (Å²) in [7, 11) is 2.26. The molecule has 3 aliphatic rings. The molecule has 0 aromatic carbocycles. The van der Waals surface area contributed by atoms with E-state index in [1.54, 1.807) is 0 Å². The lowest BCUT2D eigenvalue weighted by Crippen LogP contribution is -2.55. The predicted octanol–water partition coefficient (Wildman–Crippen LogP) is 1.03. The molecule has 0 saturated carbocycles. The highest BCUT2D eigenvalue weighted by atomic mass is 16.2. The van der Waals surface area contributed by atoms with Crippen LogP contribution in [0.1, 0.15) is 32.1 Å². The Balaban J connectivity index is 1.72. The molecule has 4 nitrogen and oxygen atoms in total. The number of urea groups is 1. The van der Waals surface area contributed by atoms with Crippen LogP contribution < -0.4 is 5.32 Å². The maximum absolute atomic E-state index is 11.7. The monoisotopic (exact) mass is 223 g/mol. The van der Waals surface area contributed by atoms with Gasteiger partial charge in [-0.2, -0.15) is 0 Å². The van der Waals surface area contributed by atoms with E-state index in [1.165, 1.54) is 32.1 Å². The lowest BCUT2D eigenvalue weighted by Gasteiger charge is -2.48. The second kappa shape index (κ2) is 3.91. The molecule has 3 aliphatic heterocycles. The van der Waals surface area contributed by atoms with Crippen LogP contribution in [0, 0.1) is 0 Å². The first-order chi connectivity index (χ1) is 7.75. The number of carbonyl (C=O) groups is 1. The van der Waals surface area contributed by atoms with Gasteiger partial charge in [0.05, 0.1) is 0 Å². The fraction of sp³-hybridized carbons (Fsp3) is 0.917. The van der Waals surface area contributed by atoms with Crippen LogP contribution in [0.2, 0.25) is 0 Å². The van der Waals surface area contributed by atoms with Crippen molar-refractivity contribution in [3.8, 4) is 0 Å². The highest BCUT2D eigenvalue weighted by Gasteiger charge is 2.40. The first kappa shape index (κ1) is 10.4. The standard InChI is InChI=1S/C12H21N3O/c1-14-9-3-2-4-10(14)8-11(7-9)15-6-5-13-12(15)16/h9-11H,2-8H2,1H3,(H,13,16). The van der Waals surface area contributed by atoms with Crippen molar-refractivity contribution in [1.29, 1.82) is 0 Å². The summed E-state index contributed by atoms with van der Waals surface area (Å²) in [6.45, 7) is 1.74. The van der Waals surface area contributed by atoms with Gasteiger partial charge in [0.1, 0.15) is 0 Å². The second-order valence-corrected chi connectivity index (χ2v) is 5.45. The van der Waals surface area contributed by atoms with Crippen molar-refractivity contribution >= 4 is 6.03 Å². The summed E-state index contributed by atoms with van der Waals surface area (Å²) in [6.07, 6.45) is 6.37. The average molecular weight is 223 g/mol. The van der Waals surface area contributed by atoms with Gasteiger partial charge in [-0.25, -0.2) is 4.79 Å². The van der Waals surface area contributed by atoms with Gasteiger partial charge in [0.15, 0.2) is 0 Å². The van der Waals surface area contributed by atoms with Crippen LogP contribution in [0.5, 0.6) is 0 Å². The Morgan fingerprint density at radius 1 is 1.19 bits per heavy atom. The van der Waals surface area contributed by atoms with Gasteiger partial charge >= 0.3 is 6.03 Å². The molecule has 3 rings (SSSR count). The topological polar surface area (TPSA) is 35.6 Å². The summed E-state index contributed by atoms with van der Waals surface area (Å²) in [5, 5.41) is 2.92. The van der Waals surface area contributed by atoms with E-state index in [-0.39, 0.29) is 6.03 Å². The first-order valence-electron chi connectivity index (χ1n) is 6.52. The summed E-state index contributed by atoms with van der Waals surface area (Å²) >= 11 is 0. The molecule has 2 unspecified atom stereocenters. The molecule has 0 aliphatic carbocycles. The van der Waals surface area contributed by atoms with E-state index in [4.69, 9.17) is 0 Å². The number of carbonyl (C=O) groups excluding carboxylic acids is 1. The maximum Gasteiger partial charge on any atom is 0.317 e. The number of nitrogens with one attached hydrogen (secondary N) is 1. The van der Waals surface area contributed by atoms with Crippen molar-refractivity contribution in [2.45, 2.75) is 50.2 Å². The van der Waals surface area contributed by atoms with Crippen LogP contribution in [-0.4, -0.2) is 54.1 Å². The number of hydrogen-bond donors (Lipinski definition) is 1. The summed E-state index contributed by atoms with van der Waals surface area (Å²) in [5.74, 6) is 0. The molecule has 0 aromatic heterocycles. The minimum atomic E-state index is 0.160. The van der Waals surface area contributed by atoms with Crippen molar-refractivity contribution in [3.63, 3.8) is 0 Å². The Kier molecular flexibility index (Phi) is 2.54.